The minimum absolute atomic E-state index is 0.0664. The van der Waals surface area contributed by atoms with Crippen molar-refractivity contribution in [3.05, 3.63) is 58.9 Å². The topological polar surface area (TPSA) is 99.5 Å². The third kappa shape index (κ3) is 3.29. The molecule has 6 nitrogen and oxygen atoms in total. The molecule has 3 N–H and O–H groups in total. The summed E-state index contributed by atoms with van der Waals surface area (Å²) in [5, 5.41) is 21.4. The highest BCUT2D eigenvalue weighted by molar-refractivity contribution is 6.31. The third-order valence-electron chi connectivity index (χ3n) is 2.78. The normalized spacial score (nSPS) is 11.7. The van der Waals surface area contributed by atoms with Crippen LogP contribution in [-0.2, 0) is 4.79 Å². The van der Waals surface area contributed by atoms with Crippen LogP contribution in [0, 0.1) is 0 Å². The lowest BCUT2D eigenvalue weighted by Gasteiger charge is -2.16. The van der Waals surface area contributed by atoms with Crippen LogP contribution in [0.1, 0.15) is 22.0 Å². The van der Waals surface area contributed by atoms with Crippen LogP contribution in [0.2, 0.25) is 5.02 Å². The number of aliphatic carboxylic acids is 1. The van der Waals surface area contributed by atoms with Gasteiger partial charge in [-0.2, -0.15) is 0 Å². The number of halogens is 1. The molecule has 0 unspecified atom stereocenters. The van der Waals surface area contributed by atoms with Gasteiger partial charge in [0.2, 0.25) is 0 Å². The van der Waals surface area contributed by atoms with Crippen molar-refractivity contribution in [3.8, 4) is 5.75 Å². The van der Waals surface area contributed by atoms with Crippen LogP contribution in [0.15, 0.2) is 42.7 Å². The molecule has 2 rings (SSSR count). The number of carboxylic acids is 1. The van der Waals surface area contributed by atoms with Crippen LogP contribution in [0.5, 0.6) is 5.75 Å². The summed E-state index contributed by atoms with van der Waals surface area (Å²) in [4.78, 5) is 27.1. The molecule has 0 bridgehead atoms. The summed E-state index contributed by atoms with van der Waals surface area (Å²) >= 11 is 5.95. The van der Waals surface area contributed by atoms with Crippen LogP contribution in [-0.4, -0.2) is 27.1 Å². The Morgan fingerprint density at radius 1 is 1.24 bits per heavy atom. The number of carbonyl (C=O) groups is 2. The van der Waals surface area contributed by atoms with Gasteiger partial charge in [-0.25, -0.2) is 4.79 Å². The number of pyridine rings is 1. The summed E-state index contributed by atoms with van der Waals surface area (Å²) in [5.41, 5.74) is 0.192. The number of benzene rings is 1. The fraction of sp³-hybridized carbons (Fsp3) is 0.0714. The number of hydrogen-bond acceptors (Lipinski definition) is 4. The second kappa shape index (κ2) is 6.23. The van der Waals surface area contributed by atoms with Crippen molar-refractivity contribution in [3.63, 3.8) is 0 Å². The van der Waals surface area contributed by atoms with E-state index in [0.29, 0.717) is 0 Å². The highest BCUT2D eigenvalue weighted by Gasteiger charge is 2.25. The zero-order valence-electron chi connectivity index (χ0n) is 10.7. The summed E-state index contributed by atoms with van der Waals surface area (Å²) in [6.07, 6.45) is 2.42. The number of nitrogens with one attached hydrogen (secondary N) is 1. The molecule has 0 aliphatic rings. The number of carbonyl (C=O) groups excluding carboxylic acids is 1. The minimum atomic E-state index is -1.32. The van der Waals surface area contributed by atoms with E-state index < -0.39 is 17.9 Å². The van der Waals surface area contributed by atoms with E-state index in [4.69, 9.17) is 11.6 Å². The molecule has 0 radical (unpaired) electrons. The van der Waals surface area contributed by atoms with E-state index in [0.717, 1.165) is 6.20 Å². The van der Waals surface area contributed by atoms with Crippen molar-refractivity contribution < 1.29 is 19.8 Å². The number of amides is 1. The first kappa shape index (κ1) is 14.8. The van der Waals surface area contributed by atoms with E-state index in [1.165, 1.54) is 24.4 Å². The average Bonchev–Trinajstić information content (AvgIpc) is 2.45. The van der Waals surface area contributed by atoms with Gasteiger partial charge >= 0.3 is 5.97 Å². The fourth-order valence-electron chi connectivity index (χ4n) is 1.77. The Bertz CT molecular complexity index is 690. The molecule has 1 heterocycles. The predicted octanol–water partition coefficient (Wildman–Crippen LogP) is 2.00. The minimum Gasteiger partial charge on any atom is -0.505 e. The Morgan fingerprint density at radius 2 is 1.95 bits per heavy atom. The van der Waals surface area contributed by atoms with Gasteiger partial charge in [-0.15, -0.1) is 0 Å². The lowest BCUT2D eigenvalue weighted by molar-refractivity contribution is -0.139. The van der Waals surface area contributed by atoms with Gasteiger partial charge in [0.15, 0.2) is 6.04 Å². The van der Waals surface area contributed by atoms with E-state index in [1.54, 1.807) is 12.1 Å². The molecular weight excluding hydrogens is 296 g/mol. The van der Waals surface area contributed by atoms with Gasteiger partial charge < -0.3 is 15.5 Å². The molecule has 0 fully saturated rings. The van der Waals surface area contributed by atoms with Crippen LogP contribution >= 0.6 is 11.6 Å². The molecule has 0 spiro atoms. The molecule has 0 aliphatic heterocycles. The Balaban J connectivity index is 2.30. The van der Waals surface area contributed by atoms with Gasteiger partial charge in [0.1, 0.15) is 5.75 Å². The van der Waals surface area contributed by atoms with Crippen LogP contribution in [0.25, 0.3) is 0 Å². The van der Waals surface area contributed by atoms with Gasteiger partial charge in [0.25, 0.3) is 5.91 Å². The maximum absolute atomic E-state index is 12.1. The number of aromatic hydroxyl groups is 1. The number of carboxylic acid groups (broad SMARTS) is 1. The molecule has 2 aromatic rings. The van der Waals surface area contributed by atoms with Crippen molar-refractivity contribution in [2.24, 2.45) is 0 Å². The van der Waals surface area contributed by atoms with Gasteiger partial charge in [-0.05, 0) is 12.1 Å². The van der Waals surface area contributed by atoms with Gasteiger partial charge in [-0.1, -0.05) is 29.8 Å². The Labute approximate surface area is 125 Å². The second-order valence-electron chi connectivity index (χ2n) is 4.16. The predicted molar refractivity (Wildman–Crippen MR) is 75.2 cm³/mol. The maximum Gasteiger partial charge on any atom is 0.330 e. The summed E-state index contributed by atoms with van der Waals surface area (Å²) in [7, 11) is 0. The quantitative estimate of drug-likeness (QED) is 0.802. The molecule has 0 aliphatic carbocycles. The molecule has 21 heavy (non-hydrogen) atoms. The monoisotopic (exact) mass is 306 g/mol. The van der Waals surface area contributed by atoms with Crippen molar-refractivity contribution in [1.82, 2.24) is 10.3 Å². The smallest absolute Gasteiger partial charge is 0.330 e. The van der Waals surface area contributed by atoms with Crippen LogP contribution in [0.3, 0.4) is 0 Å². The first-order chi connectivity index (χ1) is 10.0. The zero-order valence-corrected chi connectivity index (χ0v) is 11.4. The second-order valence-corrected chi connectivity index (χ2v) is 4.57. The summed E-state index contributed by atoms with van der Waals surface area (Å²) in [6.45, 7) is 0. The Hall–Kier alpha value is -2.60. The number of rotatable bonds is 4. The molecule has 1 aromatic carbocycles. The molecule has 0 saturated carbocycles. The largest absolute Gasteiger partial charge is 0.505 e. The molecule has 1 amide bonds. The Morgan fingerprint density at radius 3 is 2.57 bits per heavy atom. The Kier molecular flexibility index (Phi) is 4.39. The highest BCUT2D eigenvalue weighted by Crippen LogP contribution is 2.24. The van der Waals surface area contributed by atoms with Crippen molar-refractivity contribution in [2.45, 2.75) is 6.04 Å². The standard InChI is InChI=1S/C14H11ClN2O4/c15-10-4-2-1-3-8(10)12(14(20)21)17-13(19)9-5-6-16-7-11(9)18/h1-7,12,18H,(H,17,19)(H,20,21)/t12-/m1/s1. The first-order valence-electron chi connectivity index (χ1n) is 5.91. The fourth-order valence-corrected chi connectivity index (χ4v) is 2.01. The lowest BCUT2D eigenvalue weighted by atomic mass is 10.1. The maximum atomic E-state index is 12.1. The molecule has 7 heteroatoms. The van der Waals surface area contributed by atoms with Gasteiger partial charge in [-0.3, -0.25) is 9.78 Å². The number of nitrogens with zero attached hydrogens (tertiary/aromatic N) is 1. The molecule has 0 saturated heterocycles. The number of aromatic nitrogens is 1. The molecule has 108 valence electrons. The van der Waals surface area contributed by atoms with Gasteiger partial charge in [0, 0.05) is 16.8 Å². The highest BCUT2D eigenvalue weighted by atomic mass is 35.5. The van der Waals surface area contributed by atoms with Crippen LogP contribution in [0.4, 0.5) is 0 Å². The van der Waals surface area contributed by atoms with E-state index in [9.17, 15) is 19.8 Å². The summed E-state index contributed by atoms with van der Waals surface area (Å²) < 4.78 is 0. The summed E-state index contributed by atoms with van der Waals surface area (Å²) in [6, 6.07) is 6.28. The van der Waals surface area contributed by atoms with E-state index >= 15 is 0 Å². The third-order valence-corrected chi connectivity index (χ3v) is 3.13. The van der Waals surface area contributed by atoms with Crippen molar-refractivity contribution in [1.29, 1.82) is 0 Å². The van der Waals surface area contributed by atoms with Crippen molar-refractivity contribution >= 4 is 23.5 Å². The molecule has 1 aromatic heterocycles. The molecule has 1 atom stereocenters. The van der Waals surface area contributed by atoms with E-state index in [2.05, 4.69) is 10.3 Å². The first-order valence-corrected chi connectivity index (χ1v) is 6.29. The van der Waals surface area contributed by atoms with Crippen LogP contribution < -0.4 is 5.32 Å². The molecular formula is C14H11ClN2O4. The lowest BCUT2D eigenvalue weighted by Crippen LogP contribution is -2.34. The summed E-state index contributed by atoms with van der Waals surface area (Å²) in [5.74, 6) is -2.33. The zero-order chi connectivity index (χ0) is 15.4. The van der Waals surface area contributed by atoms with E-state index in [1.807, 2.05) is 0 Å². The SMILES string of the molecule is O=C(N[C@@H](C(=O)O)c1ccccc1Cl)c1ccncc1O. The average molecular weight is 307 g/mol. The van der Waals surface area contributed by atoms with Crippen molar-refractivity contribution in [2.75, 3.05) is 0 Å². The number of hydrogen-bond donors (Lipinski definition) is 3. The van der Waals surface area contributed by atoms with E-state index in [-0.39, 0.29) is 21.9 Å². The van der Waals surface area contributed by atoms with Gasteiger partial charge in [0.05, 0.1) is 11.8 Å².